The first-order valence-electron chi connectivity index (χ1n) is 4.07. The van der Waals surface area contributed by atoms with Crippen molar-refractivity contribution < 1.29 is 4.42 Å². The van der Waals surface area contributed by atoms with Gasteiger partial charge in [-0.15, -0.1) is 12.4 Å². The Balaban J connectivity index is 0.000000720. The minimum Gasteiger partial charge on any atom is -0.464 e. The van der Waals surface area contributed by atoms with Crippen LogP contribution >= 0.6 is 12.4 Å². The van der Waals surface area contributed by atoms with Crippen molar-refractivity contribution in [1.82, 2.24) is 5.32 Å². The van der Waals surface area contributed by atoms with Crippen LogP contribution in [-0.4, -0.2) is 6.54 Å². The molecule has 2 nitrogen and oxygen atoms in total. The minimum atomic E-state index is 0. The van der Waals surface area contributed by atoms with Gasteiger partial charge >= 0.3 is 0 Å². The molecule has 1 fully saturated rings. The highest BCUT2D eigenvalue weighted by atomic mass is 35.5. The van der Waals surface area contributed by atoms with Gasteiger partial charge in [-0.05, 0) is 38.4 Å². The van der Waals surface area contributed by atoms with Crippen LogP contribution in [0.2, 0.25) is 0 Å². The average molecular weight is 188 g/mol. The predicted molar refractivity (Wildman–Crippen MR) is 50.8 cm³/mol. The third-order valence-corrected chi connectivity index (χ3v) is 2.35. The molecule has 68 valence electrons. The van der Waals surface area contributed by atoms with Crippen LogP contribution in [0.15, 0.2) is 10.5 Å². The molecular weight excluding hydrogens is 174 g/mol. The number of furan rings is 1. The first-order valence-corrected chi connectivity index (χ1v) is 4.07. The smallest absolute Gasteiger partial charge is 0.121 e. The summed E-state index contributed by atoms with van der Waals surface area (Å²) in [4.78, 5) is 0. The topological polar surface area (TPSA) is 25.2 Å². The Morgan fingerprint density at radius 2 is 2.17 bits per heavy atom. The third-order valence-electron chi connectivity index (χ3n) is 2.35. The van der Waals surface area contributed by atoms with E-state index in [1.165, 1.54) is 12.0 Å². The van der Waals surface area contributed by atoms with Crippen molar-refractivity contribution in [3.63, 3.8) is 0 Å². The van der Waals surface area contributed by atoms with Crippen LogP contribution in [0.5, 0.6) is 0 Å². The molecule has 0 saturated carbocycles. The lowest BCUT2D eigenvalue weighted by atomic mass is 10.0. The van der Waals surface area contributed by atoms with Gasteiger partial charge < -0.3 is 9.73 Å². The van der Waals surface area contributed by atoms with Crippen LogP contribution in [-0.2, 0) is 0 Å². The monoisotopic (exact) mass is 187 g/mol. The van der Waals surface area contributed by atoms with Gasteiger partial charge in [-0.2, -0.15) is 0 Å². The van der Waals surface area contributed by atoms with Crippen LogP contribution in [0.25, 0.3) is 0 Å². The molecule has 1 aromatic heterocycles. The molecular formula is C9H14ClNO. The molecule has 1 aromatic rings. The lowest BCUT2D eigenvalue weighted by Crippen LogP contribution is -2.34. The van der Waals surface area contributed by atoms with E-state index in [1.54, 1.807) is 0 Å². The maximum absolute atomic E-state index is 5.56. The van der Waals surface area contributed by atoms with Crippen molar-refractivity contribution >= 4 is 12.4 Å². The Morgan fingerprint density at radius 1 is 1.50 bits per heavy atom. The van der Waals surface area contributed by atoms with Gasteiger partial charge in [0, 0.05) is 0 Å². The number of nitrogens with one attached hydrogen (secondary N) is 1. The largest absolute Gasteiger partial charge is 0.464 e. The number of halogens is 1. The van der Waals surface area contributed by atoms with Crippen LogP contribution in [0.1, 0.15) is 29.5 Å². The zero-order valence-electron chi connectivity index (χ0n) is 7.39. The third kappa shape index (κ3) is 1.50. The van der Waals surface area contributed by atoms with Crippen molar-refractivity contribution in [2.45, 2.75) is 26.3 Å². The fourth-order valence-corrected chi connectivity index (χ4v) is 1.31. The van der Waals surface area contributed by atoms with Gasteiger partial charge in [0.1, 0.15) is 11.5 Å². The summed E-state index contributed by atoms with van der Waals surface area (Å²) in [7, 11) is 0. The Kier molecular flexibility index (Phi) is 2.80. The molecule has 12 heavy (non-hydrogen) atoms. The molecule has 3 heteroatoms. The normalized spacial score (nSPS) is 21.3. The van der Waals surface area contributed by atoms with E-state index >= 15 is 0 Å². The summed E-state index contributed by atoms with van der Waals surface area (Å²) in [6, 6.07) is 2.62. The molecule has 1 aliphatic heterocycles. The summed E-state index contributed by atoms with van der Waals surface area (Å²) in [5.41, 5.74) is 1.26. The quantitative estimate of drug-likeness (QED) is 0.730. The fraction of sp³-hybridized carbons (Fsp3) is 0.556. The summed E-state index contributed by atoms with van der Waals surface area (Å²) in [6.45, 7) is 5.22. The van der Waals surface area contributed by atoms with Gasteiger partial charge in [0.25, 0.3) is 0 Å². The van der Waals surface area contributed by atoms with E-state index in [9.17, 15) is 0 Å². The van der Waals surface area contributed by atoms with Crippen LogP contribution < -0.4 is 5.32 Å². The van der Waals surface area contributed by atoms with Gasteiger partial charge in [-0.25, -0.2) is 0 Å². The Morgan fingerprint density at radius 3 is 2.50 bits per heavy atom. The molecule has 1 atom stereocenters. The summed E-state index contributed by atoms with van der Waals surface area (Å²) in [5, 5.41) is 3.31. The number of hydrogen-bond donors (Lipinski definition) is 1. The predicted octanol–water partition coefficient (Wildman–Crippen LogP) is 2.35. The second-order valence-corrected chi connectivity index (χ2v) is 3.18. The summed E-state index contributed by atoms with van der Waals surface area (Å²) in [5.74, 6) is 2.15. The van der Waals surface area contributed by atoms with Crippen molar-refractivity contribution in [1.29, 1.82) is 0 Å². The van der Waals surface area contributed by atoms with Gasteiger partial charge in [-0.1, -0.05) is 0 Å². The molecule has 0 bridgehead atoms. The van der Waals surface area contributed by atoms with Crippen molar-refractivity contribution in [3.8, 4) is 0 Å². The number of rotatable bonds is 1. The van der Waals surface area contributed by atoms with Crippen LogP contribution in [0.4, 0.5) is 0 Å². The van der Waals surface area contributed by atoms with Crippen molar-refractivity contribution in [2.24, 2.45) is 0 Å². The Bertz CT molecular complexity index is 246. The van der Waals surface area contributed by atoms with Crippen LogP contribution in [0.3, 0.4) is 0 Å². The van der Waals surface area contributed by atoms with E-state index < -0.39 is 0 Å². The van der Waals surface area contributed by atoms with Gasteiger partial charge in [0.2, 0.25) is 0 Å². The Labute approximate surface area is 78.7 Å². The second kappa shape index (κ2) is 3.50. The van der Waals surface area contributed by atoms with E-state index in [0.29, 0.717) is 6.04 Å². The van der Waals surface area contributed by atoms with E-state index in [-0.39, 0.29) is 12.4 Å². The highest BCUT2D eigenvalue weighted by Crippen LogP contribution is 2.26. The molecule has 0 aliphatic carbocycles. The molecule has 0 radical (unpaired) electrons. The molecule has 2 heterocycles. The highest BCUT2D eigenvalue weighted by Gasteiger charge is 2.21. The molecule has 1 N–H and O–H groups in total. The van der Waals surface area contributed by atoms with E-state index in [4.69, 9.17) is 4.42 Å². The molecule has 1 saturated heterocycles. The van der Waals surface area contributed by atoms with Crippen LogP contribution in [0, 0.1) is 13.8 Å². The van der Waals surface area contributed by atoms with Gasteiger partial charge in [0.05, 0.1) is 6.04 Å². The molecule has 2 rings (SSSR count). The maximum atomic E-state index is 5.56. The van der Waals surface area contributed by atoms with Gasteiger partial charge in [-0.3, -0.25) is 0 Å². The zero-order valence-corrected chi connectivity index (χ0v) is 8.20. The summed E-state index contributed by atoms with van der Waals surface area (Å²) < 4.78 is 5.56. The molecule has 0 amide bonds. The van der Waals surface area contributed by atoms with E-state index in [2.05, 4.69) is 18.3 Å². The lowest BCUT2D eigenvalue weighted by molar-refractivity contribution is 0.314. The van der Waals surface area contributed by atoms with Gasteiger partial charge in [0.15, 0.2) is 0 Å². The molecule has 0 spiro atoms. The SMILES string of the molecule is Cc1cc([C@@H]2CCN2)oc1C.Cl. The molecule has 0 unspecified atom stereocenters. The summed E-state index contributed by atoms with van der Waals surface area (Å²) >= 11 is 0. The van der Waals surface area contributed by atoms with Crippen molar-refractivity contribution in [2.75, 3.05) is 6.54 Å². The van der Waals surface area contributed by atoms with E-state index in [1.807, 2.05) is 6.92 Å². The summed E-state index contributed by atoms with van der Waals surface area (Å²) in [6.07, 6.45) is 1.21. The minimum absolute atomic E-state index is 0. The standard InChI is InChI=1S/C9H13NO.ClH/c1-6-5-9(11-7(6)2)8-3-4-10-8;/h5,8,10H,3-4H2,1-2H3;1H/t8-;/m0./s1. The highest BCUT2D eigenvalue weighted by molar-refractivity contribution is 5.85. The Hall–Kier alpha value is -0.470. The average Bonchev–Trinajstić information content (AvgIpc) is 2.08. The fourth-order valence-electron chi connectivity index (χ4n) is 1.31. The number of aryl methyl sites for hydroxylation is 2. The first-order chi connectivity index (χ1) is 5.27. The van der Waals surface area contributed by atoms with E-state index in [0.717, 1.165) is 18.1 Å². The first kappa shape index (κ1) is 9.62. The molecule has 1 aliphatic rings. The molecule has 0 aromatic carbocycles. The lowest BCUT2D eigenvalue weighted by Gasteiger charge is -2.25. The number of hydrogen-bond acceptors (Lipinski definition) is 2. The second-order valence-electron chi connectivity index (χ2n) is 3.18. The maximum Gasteiger partial charge on any atom is 0.121 e. The zero-order chi connectivity index (χ0) is 7.84. The van der Waals surface area contributed by atoms with Crippen molar-refractivity contribution in [3.05, 3.63) is 23.2 Å².